The first kappa shape index (κ1) is 19.9. The molecule has 1 saturated heterocycles. The third-order valence-corrected chi connectivity index (χ3v) is 6.47. The van der Waals surface area contributed by atoms with Crippen LogP contribution < -0.4 is 5.32 Å². The zero-order chi connectivity index (χ0) is 20.1. The van der Waals surface area contributed by atoms with Crippen LogP contribution in [0.4, 0.5) is 4.79 Å². The van der Waals surface area contributed by atoms with Crippen LogP contribution in [0.2, 0.25) is 0 Å². The van der Waals surface area contributed by atoms with Gasteiger partial charge in [-0.1, -0.05) is 60.7 Å². The molecule has 0 radical (unpaired) electrons. The minimum absolute atomic E-state index is 0.220. The van der Waals surface area contributed by atoms with E-state index in [2.05, 4.69) is 70.9 Å². The number of rotatable bonds is 5. The molecule has 1 aliphatic carbocycles. The Morgan fingerprint density at radius 3 is 1.83 bits per heavy atom. The van der Waals surface area contributed by atoms with E-state index in [9.17, 15) is 4.79 Å². The van der Waals surface area contributed by atoms with Crippen molar-refractivity contribution < 1.29 is 9.90 Å². The molecule has 0 unspecified atom stereocenters. The molecule has 2 fully saturated rings. The average molecular weight is 394 g/mol. The van der Waals surface area contributed by atoms with Crippen molar-refractivity contribution in [1.82, 2.24) is 15.1 Å². The second-order valence-corrected chi connectivity index (χ2v) is 8.23. The highest BCUT2D eigenvalue weighted by atomic mass is 16.4. The number of amides is 1. The quantitative estimate of drug-likeness (QED) is 0.807. The van der Waals surface area contributed by atoms with E-state index < -0.39 is 6.09 Å². The van der Waals surface area contributed by atoms with Gasteiger partial charge in [-0.2, -0.15) is 0 Å². The van der Waals surface area contributed by atoms with Gasteiger partial charge in [0.1, 0.15) is 0 Å². The van der Waals surface area contributed by atoms with Gasteiger partial charge >= 0.3 is 6.09 Å². The largest absolute Gasteiger partial charge is 0.465 e. The fourth-order valence-corrected chi connectivity index (χ4v) is 4.80. The lowest BCUT2D eigenvalue weighted by atomic mass is 9.88. The van der Waals surface area contributed by atoms with Gasteiger partial charge in [-0.3, -0.25) is 4.90 Å². The molecule has 0 spiro atoms. The Bertz CT molecular complexity index is 728. The lowest BCUT2D eigenvalue weighted by molar-refractivity contribution is 0.0692. The summed E-state index contributed by atoms with van der Waals surface area (Å²) in [7, 11) is 0. The van der Waals surface area contributed by atoms with E-state index >= 15 is 0 Å². The molecule has 5 nitrogen and oxygen atoms in total. The molecule has 0 bridgehead atoms. The Hall–Kier alpha value is -2.37. The first-order valence-corrected chi connectivity index (χ1v) is 10.8. The summed E-state index contributed by atoms with van der Waals surface area (Å²) in [6.45, 7) is 3.01. The van der Waals surface area contributed by atoms with E-state index in [1.807, 2.05) is 0 Å². The number of piperazine rings is 1. The number of hydrogen-bond donors (Lipinski definition) is 2. The van der Waals surface area contributed by atoms with Crippen LogP contribution in [0.3, 0.4) is 0 Å². The zero-order valence-electron chi connectivity index (χ0n) is 16.9. The monoisotopic (exact) mass is 393 g/mol. The molecule has 2 aliphatic rings. The van der Waals surface area contributed by atoms with Crippen LogP contribution >= 0.6 is 0 Å². The average Bonchev–Trinajstić information content (AvgIpc) is 2.79. The number of carbonyl (C=O) groups is 1. The molecule has 1 aliphatic heterocycles. The third-order valence-electron chi connectivity index (χ3n) is 6.47. The van der Waals surface area contributed by atoms with Crippen molar-refractivity contribution in [1.29, 1.82) is 0 Å². The van der Waals surface area contributed by atoms with Crippen LogP contribution in [0.5, 0.6) is 0 Å². The number of hydrogen-bond acceptors (Lipinski definition) is 3. The molecule has 2 aromatic carbocycles. The van der Waals surface area contributed by atoms with Crippen molar-refractivity contribution in [2.45, 2.75) is 43.8 Å². The smallest absolute Gasteiger partial charge is 0.407 e. The summed E-state index contributed by atoms with van der Waals surface area (Å²) < 4.78 is 0. The second kappa shape index (κ2) is 9.42. The van der Waals surface area contributed by atoms with Gasteiger partial charge in [-0.25, -0.2) is 4.79 Å². The van der Waals surface area contributed by atoms with Crippen molar-refractivity contribution in [3.8, 4) is 0 Å². The molecule has 1 saturated carbocycles. The maximum absolute atomic E-state index is 11.1. The van der Waals surface area contributed by atoms with E-state index in [0.717, 1.165) is 13.1 Å². The van der Waals surface area contributed by atoms with Gasteiger partial charge in [0, 0.05) is 38.3 Å². The van der Waals surface area contributed by atoms with E-state index in [-0.39, 0.29) is 6.04 Å². The Labute approximate surface area is 173 Å². The van der Waals surface area contributed by atoms with Crippen LogP contribution in [-0.2, 0) is 0 Å². The molecule has 2 aromatic rings. The van der Waals surface area contributed by atoms with Crippen molar-refractivity contribution >= 4 is 6.09 Å². The summed E-state index contributed by atoms with van der Waals surface area (Å²) in [6.07, 6.45) is 3.91. The summed E-state index contributed by atoms with van der Waals surface area (Å²) in [5, 5.41) is 13.1. The minimum atomic E-state index is -0.787. The van der Waals surface area contributed by atoms with Gasteiger partial charge in [0.2, 0.25) is 0 Å². The van der Waals surface area contributed by atoms with E-state index in [1.54, 1.807) is 0 Å². The summed E-state index contributed by atoms with van der Waals surface area (Å²) >= 11 is 0. The normalized spacial score (nSPS) is 23.3. The van der Waals surface area contributed by atoms with Crippen LogP contribution in [-0.4, -0.2) is 59.3 Å². The lowest BCUT2D eigenvalue weighted by Crippen LogP contribution is -2.53. The van der Waals surface area contributed by atoms with E-state index in [4.69, 9.17) is 5.11 Å². The molecular formula is C24H31N3O2. The predicted molar refractivity (Wildman–Crippen MR) is 115 cm³/mol. The minimum Gasteiger partial charge on any atom is -0.465 e. The molecule has 154 valence electrons. The Balaban J connectivity index is 1.35. The summed E-state index contributed by atoms with van der Waals surface area (Å²) in [4.78, 5) is 15.2. The Morgan fingerprint density at radius 2 is 1.34 bits per heavy atom. The summed E-state index contributed by atoms with van der Waals surface area (Å²) in [5.74, 6) is 0. The highest BCUT2D eigenvalue weighted by molar-refractivity contribution is 5.65. The number of carboxylic acid groups (broad SMARTS) is 1. The number of nitrogens with zero attached hydrogens (tertiary/aromatic N) is 2. The van der Waals surface area contributed by atoms with E-state index in [1.165, 1.54) is 41.7 Å². The van der Waals surface area contributed by atoms with Crippen molar-refractivity contribution in [2.75, 3.05) is 26.2 Å². The Morgan fingerprint density at radius 1 is 0.828 bits per heavy atom. The fraction of sp³-hybridized carbons (Fsp3) is 0.458. The molecular weight excluding hydrogens is 362 g/mol. The topological polar surface area (TPSA) is 55.8 Å². The Kier molecular flexibility index (Phi) is 6.47. The molecule has 1 heterocycles. The molecule has 2 N–H and O–H groups in total. The highest BCUT2D eigenvalue weighted by Gasteiger charge is 2.30. The SMILES string of the molecule is O=C(O)N1CCN(C2CCC(NC(c3ccccc3)c3ccccc3)CC2)CC1. The summed E-state index contributed by atoms with van der Waals surface area (Å²) in [6, 6.07) is 22.7. The number of nitrogens with one attached hydrogen (secondary N) is 1. The van der Waals surface area contributed by atoms with Gasteiger partial charge in [0.05, 0.1) is 6.04 Å². The van der Waals surface area contributed by atoms with Crippen LogP contribution in [0, 0.1) is 0 Å². The van der Waals surface area contributed by atoms with E-state index in [0.29, 0.717) is 25.2 Å². The lowest BCUT2D eigenvalue weighted by Gasteiger charge is -2.42. The van der Waals surface area contributed by atoms with Crippen molar-refractivity contribution in [3.05, 3.63) is 71.8 Å². The molecule has 1 amide bonds. The molecule has 5 heteroatoms. The van der Waals surface area contributed by atoms with Gasteiger partial charge in [-0.15, -0.1) is 0 Å². The van der Waals surface area contributed by atoms with Gasteiger partial charge in [0.15, 0.2) is 0 Å². The first-order valence-electron chi connectivity index (χ1n) is 10.8. The third kappa shape index (κ3) is 4.98. The predicted octanol–water partition coefficient (Wildman–Crippen LogP) is 3.97. The number of benzene rings is 2. The fourth-order valence-electron chi connectivity index (χ4n) is 4.80. The van der Waals surface area contributed by atoms with Gasteiger partial charge < -0.3 is 15.3 Å². The molecule has 0 atom stereocenters. The van der Waals surface area contributed by atoms with Crippen molar-refractivity contribution in [3.63, 3.8) is 0 Å². The maximum Gasteiger partial charge on any atom is 0.407 e. The summed E-state index contributed by atoms with van der Waals surface area (Å²) in [5.41, 5.74) is 2.62. The second-order valence-electron chi connectivity index (χ2n) is 8.23. The highest BCUT2D eigenvalue weighted by Crippen LogP contribution is 2.28. The maximum atomic E-state index is 11.1. The van der Waals surface area contributed by atoms with Crippen LogP contribution in [0.15, 0.2) is 60.7 Å². The first-order chi connectivity index (χ1) is 14.2. The zero-order valence-corrected chi connectivity index (χ0v) is 16.9. The van der Waals surface area contributed by atoms with Crippen molar-refractivity contribution in [2.24, 2.45) is 0 Å². The molecule has 0 aromatic heterocycles. The molecule has 29 heavy (non-hydrogen) atoms. The standard InChI is InChI=1S/C24H31N3O2/c28-24(29)27-17-15-26(16-18-27)22-13-11-21(12-14-22)25-23(19-7-3-1-4-8-19)20-9-5-2-6-10-20/h1-10,21-23,25H,11-18H2,(H,28,29). The molecule has 4 rings (SSSR count). The van der Waals surface area contributed by atoms with Crippen LogP contribution in [0.25, 0.3) is 0 Å². The van der Waals surface area contributed by atoms with Gasteiger partial charge in [-0.05, 0) is 36.8 Å². The van der Waals surface area contributed by atoms with Gasteiger partial charge in [0.25, 0.3) is 0 Å². The van der Waals surface area contributed by atoms with Crippen LogP contribution in [0.1, 0.15) is 42.9 Å².